The van der Waals surface area contributed by atoms with Gasteiger partial charge in [0, 0.05) is 33.3 Å². The predicted molar refractivity (Wildman–Crippen MR) is 170 cm³/mol. The fourth-order valence-corrected chi connectivity index (χ4v) is 11.5. The first-order chi connectivity index (χ1) is 17.8. The molecule has 1 atom stereocenters. The Labute approximate surface area is 244 Å². The Hall–Kier alpha value is -0.369. The van der Waals surface area contributed by atoms with Gasteiger partial charge in [0.15, 0.2) is 28.1 Å². The van der Waals surface area contributed by atoms with Crippen LogP contribution in [0.1, 0.15) is 54.9 Å². The molecule has 1 rings (SSSR count). The second-order valence-corrected chi connectivity index (χ2v) is 27.3. The molecule has 1 unspecified atom stereocenters. The number of allylic oxidation sites excluding steroid dienone is 1. The van der Waals surface area contributed by atoms with Crippen molar-refractivity contribution < 1.29 is 23.2 Å². The zero-order valence-electron chi connectivity index (χ0n) is 25.8. The highest BCUT2D eigenvalue weighted by Crippen LogP contribution is 2.40. The van der Waals surface area contributed by atoms with Crippen LogP contribution in [0.25, 0.3) is 0 Å². The van der Waals surface area contributed by atoms with Gasteiger partial charge in [0.2, 0.25) is 0 Å². The Balaban J connectivity index is 3.55. The van der Waals surface area contributed by atoms with Crippen molar-refractivity contribution in [2.24, 2.45) is 0 Å². The topological polar surface area (TPSA) is 65.1 Å². The maximum absolute atomic E-state index is 13.9. The van der Waals surface area contributed by atoms with Crippen LogP contribution in [0.4, 0.5) is 0 Å². The lowest BCUT2D eigenvalue weighted by Crippen LogP contribution is -2.57. The molecule has 0 bridgehead atoms. The number of hydrogen-bond donors (Lipinski definition) is 0. The molecule has 0 fully saturated rings. The number of rotatable bonds is 19. The Morgan fingerprint density at radius 2 is 1.47 bits per heavy atom. The van der Waals surface area contributed by atoms with E-state index in [1.54, 1.807) is 22.9 Å². The highest BCUT2D eigenvalue weighted by molar-refractivity contribution is 9.11. The van der Waals surface area contributed by atoms with Crippen LogP contribution in [0.15, 0.2) is 22.2 Å². The minimum atomic E-state index is -2.19. The molecular weight excluding hydrogens is 594 g/mol. The van der Waals surface area contributed by atoms with Crippen LogP contribution < -0.4 is 0 Å². The average Bonchev–Trinajstić information content (AvgIpc) is 3.17. The summed E-state index contributed by atoms with van der Waals surface area (Å²) in [6.07, 6.45) is 2.30. The number of Topliss-reactive ketones (excluding diaryl/α,β-unsaturated/α-hetero) is 1. The third-order valence-corrected chi connectivity index (χ3v) is 20.1. The van der Waals surface area contributed by atoms with Crippen molar-refractivity contribution in [2.75, 3.05) is 19.9 Å². The fourth-order valence-electron chi connectivity index (χ4n) is 4.96. The summed E-state index contributed by atoms with van der Waals surface area (Å²) in [5, 5.41) is 0. The smallest absolute Gasteiger partial charge is 0.262 e. The molecule has 1 heterocycles. The Morgan fingerprint density at radius 3 is 1.92 bits per heavy atom. The van der Waals surface area contributed by atoms with Crippen LogP contribution in [-0.2, 0) is 23.2 Å². The molecule has 1 aliphatic heterocycles. The van der Waals surface area contributed by atoms with Crippen molar-refractivity contribution in [3.05, 3.63) is 22.2 Å². The molecule has 38 heavy (non-hydrogen) atoms. The third kappa shape index (κ3) is 9.07. The highest BCUT2D eigenvalue weighted by Gasteiger charge is 2.52. The van der Waals surface area contributed by atoms with Gasteiger partial charge in [-0.2, -0.15) is 0 Å². The zero-order valence-corrected chi connectivity index (χ0v) is 30.4. The lowest BCUT2D eigenvalue weighted by atomic mass is 10.0. The second-order valence-electron chi connectivity index (χ2n) is 11.8. The summed E-state index contributed by atoms with van der Waals surface area (Å²) in [4.78, 5) is 30.5. The van der Waals surface area contributed by atoms with Crippen molar-refractivity contribution in [1.29, 1.82) is 0 Å². The lowest BCUT2D eigenvalue weighted by molar-refractivity contribution is -0.154. The van der Waals surface area contributed by atoms with Gasteiger partial charge in [-0.3, -0.25) is 14.5 Å². The molecule has 10 heteroatoms. The fraction of sp³-hybridized carbons (Fsp3) is 0.786. The lowest BCUT2D eigenvalue weighted by Gasteiger charge is -2.45. The van der Waals surface area contributed by atoms with Crippen molar-refractivity contribution in [3.63, 3.8) is 0 Å². The number of amides is 1. The van der Waals surface area contributed by atoms with Gasteiger partial charge in [0.25, 0.3) is 5.91 Å². The molecule has 1 amide bonds. The summed E-state index contributed by atoms with van der Waals surface area (Å²) in [5.74, 6) is -0.588. The molecule has 0 spiro atoms. The molecule has 0 aromatic rings. The van der Waals surface area contributed by atoms with E-state index in [9.17, 15) is 9.59 Å². The first-order valence-corrected chi connectivity index (χ1v) is 24.2. The minimum Gasteiger partial charge on any atom is -0.417 e. The molecule has 6 nitrogen and oxygen atoms in total. The van der Waals surface area contributed by atoms with Crippen LogP contribution in [0.3, 0.4) is 0 Å². The molecule has 0 radical (unpaired) electrons. The van der Waals surface area contributed by atoms with Crippen molar-refractivity contribution in [1.82, 2.24) is 4.90 Å². The van der Waals surface area contributed by atoms with E-state index in [0.717, 1.165) is 42.3 Å². The Morgan fingerprint density at radius 1 is 0.947 bits per heavy atom. The van der Waals surface area contributed by atoms with E-state index >= 15 is 0 Å². The standard InChI is InChI=1S/C28H54BrNO5Si3/c1-11-37(12-2,13-3)34-18-17-28(35-38(14-4,15-5)16-6)21-25(26(31)24(7)22-29)27(32)30(28)23-33-19-20-36(8,9)10/h21-22H,11-20,23H2,1-10H3/b24-22+. The summed E-state index contributed by atoms with van der Waals surface area (Å²) in [7, 11) is -5.32. The normalized spacial score (nSPS) is 19.3. The number of halogens is 1. The van der Waals surface area contributed by atoms with E-state index in [0.29, 0.717) is 25.2 Å². The summed E-state index contributed by atoms with van der Waals surface area (Å²) in [6.45, 7) is 23.1. The number of ether oxygens (including phenoxy) is 1. The van der Waals surface area contributed by atoms with E-state index in [2.05, 4.69) is 77.1 Å². The van der Waals surface area contributed by atoms with E-state index < -0.39 is 30.4 Å². The molecular formula is C28H54BrNO5Si3. The van der Waals surface area contributed by atoms with Crippen LogP contribution >= 0.6 is 15.9 Å². The van der Waals surface area contributed by atoms with Crippen LogP contribution in [0.2, 0.25) is 61.9 Å². The Bertz CT molecular complexity index is 833. The zero-order chi connectivity index (χ0) is 29.2. The van der Waals surface area contributed by atoms with Crippen molar-refractivity contribution in [3.8, 4) is 0 Å². The van der Waals surface area contributed by atoms with Crippen LogP contribution in [0.5, 0.6) is 0 Å². The Kier molecular flexibility index (Phi) is 14.6. The maximum atomic E-state index is 13.9. The molecule has 1 aliphatic rings. The van der Waals surface area contributed by atoms with E-state index in [4.69, 9.17) is 13.6 Å². The molecule has 0 saturated carbocycles. The summed E-state index contributed by atoms with van der Waals surface area (Å²) in [6, 6.07) is 7.00. The number of carbonyl (C=O) groups excluding carboxylic acids is 2. The SMILES string of the molecule is CC[Si](CC)(CC)OCCC1(O[Si](CC)(CC)CC)C=C(C(=O)/C(C)=C/Br)C(=O)N1COCC[Si](C)(C)C. The first kappa shape index (κ1) is 35.7. The molecule has 0 aliphatic carbocycles. The predicted octanol–water partition coefficient (Wildman–Crippen LogP) is 8.07. The summed E-state index contributed by atoms with van der Waals surface area (Å²) >= 11 is 3.27. The van der Waals surface area contributed by atoms with E-state index in [1.165, 1.54) is 0 Å². The molecule has 0 aromatic heterocycles. The minimum absolute atomic E-state index is 0.104. The van der Waals surface area contributed by atoms with Crippen molar-refractivity contribution in [2.45, 2.75) is 123 Å². The molecule has 0 N–H and O–H groups in total. The number of ketones is 1. The van der Waals surface area contributed by atoms with Gasteiger partial charge >= 0.3 is 0 Å². The maximum Gasteiger partial charge on any atom is 0.262 e. The number of hydrogen-bond acceptors (Lipinski definition) is 5. The molecule has 220 valence electrons. The van der Waals surface area contributed by atoms with E-state index in [-0.39, 0.29) is 24.0 Å². The van der Waals surface area contributed by atoms with Gasteiger partial charge in [-0.05, 0) is 60.3 Å². The van der Waals surface area contributed by atoms with Gasteiger partial charge < -0.3 is 13.6 Å². The monoisotopic (exact) mass is 647 g/mol. The summed E-state index contributed by atoms with van der Waals surface area (Å²) in [5.41, 5.74) is -0.393. The van der Waals surface area contributed by atoms with Crippen LogP contribution in [0, 0.1) is 0 Å². The van der Waals surface area contributed by atoms with Crippen molar-refractivity contribution >= 4 is 52.3 Å². The van der Waals surface area contributed by atoms with Gasteiger partial charge in [0.1, 0.15) is 6.73 Å². The number of nitrogens with zero attached hydrogens (tertiary/aromatic N) is 1. The molecule has 0 aromatic carbocycles. The quantitative estimate of drug-likeness (QED) is 0.0614. The van der Waals surface area contributed by atoms with Gasteiger partial charge in [-0.15, -0.1) is 0 Å². The largest absolute Gasteiger partial charge is 0.417 e. The third-order valence-electron chi connectivity index (χ3n) is 8.41. The number of carbonyl (C=O) groups is 2. The van der Waals surface area contributed by atoms with Gasteiger partial charge in [-0.25, -0.2) is 0 Å². The van der Waals surface area contributed by atoms with Gasteiger partial charge in [0.05, 0.1) is 5.57 Å². The van der Waals surface area contributed by atoms with Gasteiger partial charge in [-0.1, -0.05) is 77.1 Å². The second kappa shape index (κ2) is 15.6. The molecule has 0 saturated heterocycles. The first-order valence-electron chi connectivity index (χ1n) is 14.6. The summed E-state index contributed by atoms with van der Waals surface area (Å²) < 4.78 is 20.0. The van der Waals surface area contributed by atoms with Crippen LogP contribution in [-0.4, -0.2) is 67.0 Å². The highest BCUT2D eigenvalue weighted by atomic mass is 79.9. The average molecular weight is 649 g/mol. The van der Waals surface area contributed by atoms with E-state index in [1.807, 2.05) is 0 Å².